The highest BCUT2D eigenvalue weighted by atomic mass is 32.2. The Morgan fingerprint density at radius 2 is 2.05 bits per heavy atom. The van der Waals surface area contributed by atoms with Crippen LogP contribution < -0.4 is 5.32 Å². The average Bonchev–Trinajstić information content (AvgIpc) is 2.96. The first-order valence-electron chi connectivity index (χ1n) is 6.78. The Hall–Kier alpha value is -0.810. The number of thioether (sulfide) groups is 1. The molecule has 2 nitrogen and oxygen atoms in total. The Morgan fingerprint density at radius 3 is 2.89 bits per heavy atom. The molecule has 0 saturated carbocycles. The summed E-state index contributed by atoms with van der Waals surface area (Å²) in [4.78, 5) is 3.16. The molecule has 2 atom stereocenters. The van der Waals surface area contributed by atoms with Crippen molar-refractivity contribution in [3.8, 4) is 0 Å². The van der Waals surface area contributed by atoms with E-state index in [1.54, 1.807) is 6.07 Å². The summed E-state index contributed by atoms with van der Waals surface area (Å²) in [5.74, 6) is -2.37. The second-order valence-electron chi connectivity index (χ2n) is 5.16. The molecule has 1 aromatic rings. The molecule has 19 heavy (non-hydrogen) atoms. The van der Waals surface area contributed by atoms with Crippen LogP contribution in [0.3, 0.4) is 0 Å². The minimum Gasteiger partial charge on any atom is -0.380 e. The topological polar surface area (TPSA) is 15.3 Å². The molecule has 3 rings (SSSR count). The third-order valence-corrected chi connectivity index (χ3v) is 4.84. The van der Waals surface area contributed by atoms with E-state index in [0.717, 1.165) is 18.7 Å². The van der Waals surface area contributed by atoms with E-state index in [2.05, 4.69) is 10.2 Å². The molecule has 1 aromatic carbocycles. The number of alkyl halides is 2. The highest BCUT2D eigenvalue weighted by molar-refractivity contribution is 7.99. The van der Waals surface area contributed by atoms with Gasteiger partial charge in [-0.3, -0.25) is 4.90 Å². The Kier molecular flexibility index (Phi) is 3.93. The quantitative estimate of drug-likeness (QED) is 0.850. The molecule has 5 heteroatoms. The Balaban J connectivity index is 1.72. The molecule has 2 heterocycles. The molecule has 2 unspecified atom stereocenters. The third kappa shape index (κ3) is 2.87. The van der Waals surface area contributed by atoms with Crippen molar-refractivity contribution >= 4 is 17.4 Å². The van der Waals surface area contributed by atoms with Gasteiger partial charge in [0.25, 0.3) is 5.76 Å². The first-order chi connectivity index (χ1) is 9.24. The monoisotopic (exact) mass is 284 g/mol. The number of nitrogens with one attached hydrogen (secondary N) is 1. The van der Waals surface area contributed by atoms with Crippen molar-refractivity contribution in [2.75, 3.05) is 18.4 Å². The molecule has 0 aromatic heterocycles. The van der Waals surface area contributed by atoms with Gasteiger partial charge in [0.2, 0.25) is 0 Å². The van der Waals surface area contributed by atoms with Gasteiger partial charge < -0.3 is 5.32 Å². The van der Waals surface area contributed by atoms with Crippen molar-refractivity contribution in [2.45, 2.75) is 42.0 Å². The Bertz CT molecular complexity index is 441. The lowest BCUT2D eigenvalue weighted by Crippen LogP contribution is -2.33. The van der Waals surface area contributed by atoms with Gasteiger partial charge in [-0.15, -0.1) is 0 Å². The van der Waals surface area contributed by atoms with Gasteiger partial charge in [0.15, 0.2) is 0 Å². The fourth-order valence-electron chi connectivity index (χ4n) is 3.24. The maximum absolute atomic E-state index is 12.6. The van der Waals surface area contributed by atoms with Crippen LogP contribution in [0.25, 0.3) is 0 Å². The van der Waals surface area contributed by atoms with Crippen molar-refractivity contribution in [3.63, 3.8) is 0 Å². The molecule has 0 radical (unpaired) electrons. The molecular formula is C14H18F2N2S. The molecule has 0 amide bonds. The summed E-state index contributed by atoms with van der Waals surface area (Å²) >= 11 is 0.624. The second kappa shape index (κ2) is 5.67. The highest BCUT2D eigenvalue weighted by Crippen LogP contribution is 2.35. The minimum atomic E-state index is -2.37. The third-order valence-electron chi connectivity index (χ3n) is 4.05. The lowest BCUT2D eigenvalue weighted by Gasteiger charge is -2.23. The predicted octanol–water partition coefficient (Wildman–Crippen LogP) is 3.65. The number of hydrogen-bond acceptors (Lipinski definition) is 3. The zero-order valence-corrected chi connectivity index (χ0v) is 11.5. The van der Waals surface area contributed by atoms with E-state index in [9.17, 15) is 8.78 Å². The van der Waals surface area contributed by atoms with Crippen LogP contribution in [0.4, 0.5) is 14.5 Å². The van der Waals surface area contributed by atoms with Gasteiger partial charge in [-0.05, 0) is 37.9 Å². The van der Waals surface area contributed by atoms with Crippen LogP contribution in [0, 0.1) is 0 Å². The summed E-state index contributed by atoms with van der Waals surface area (Å²) in [6, 6.07) is 8.38. The van der Waals surface area contributed by atoms with Crippen LogP contribution in [0.15, 0.2) is 29.2 Å². The molecular weight excluding hydrogens is 266 g/mol. The number of anilines is 1. The number of halogens is 2. The maximum Gasteiger partial charge on any atom is 0.288 e. The van der Waals surface area contributed by atoms with Crippen LogP contribution in [0.2, 0.25) is 0 Å². The first-order valence-corrected chi connectivity index (χ1v) is 7.66. The van der Waals surface area contributed by atoms with E-state index in [0.29, 0.717) is 28.7 Å². The molecule has 0 spiro atoms. The number of para-hydroxylation sites is 1. The number of fused-ring (bicyclic) bond motifs is 1. The smallest absolute Gasteiger partial charge is 0.288 e. The van der Waals surface area contributed by atoms with E-state index in [4.69, 9.17) is 0 Å². The van der Waals surface area contributed by atoms with Crippen molar-refractivity contribution in [1.29, 1.82) is 0 Å². The highest BCUT2D eigenvalue weighted by Gasteiger charge is 2.37. The van der Waals surface area contributed by atoms with Gasteiger partial charge in [-0.2, -0.15) is 8.78 Å². The Morgan fingerprint density at radius 1 is 1.21 bits per heavy atom. The first kappa shape index (κ1) is 13.2. The zero-order chi connectivity index (χ0) is 13.2. The number of rotatable bonds is 4. The lowest BCUT2D eigenvalue weighted by molar-refractivity contribution is 0.252. The summed E-state index contributed by atoms with van der Waals surface area (Å²) in [6.45, 7) is 2.32. The van der Waals surface area contributed by atoms with Gasteiger partial charge in [0.05, 0.1) is 0 Å². The molecule has 0 aliphatic carbocycles. The molecule has 2 aliphatic heterocycles. The average molecular weight is 284 g/mol. The molecule has 2 aliphatic rings. The largest absolute Gasteiger partial charge is 0.380 e. The number of nitrogens with zero attached hydrogens (tertiary/aromatic N) is 1. The fourth-order valence-corrected chi connectivity index (χ4v) is 3.84. The maximum atomic E-state index is 12.6. The summed E-state index contributed by atoms with van der Waals surface area (Å²) in [6.07, 6.45) is 3.59. The van der Waals surface area contributed by atoms with Crippen molar-refractivity contribution in [2.24, 2.45) is 0 Å². The van der Waals surface area contributed by atoms with Crippen molar-refractivity contribution in [1.82, 2.24) is 4.90 Å². The standard InChI is InChI=1S/C14H18F2N2S/c15-14(16)19-13-6-2-1-4-11(13)17-10-7-9-18-8-3-5-12(10)18/h1-2,4,6,10,12,14,17H,3,5,7-9H2. The van der Waals surface area contributed by atoms with E-state index >= 15 is 0 Å². The summed E-state index contributed by atoms with van der Waals surface area (Å²) < 4.78 is 25.1. The molecule has 2 saturated heterocycles. The van der Waals surface area contributed by atoms with Crippen LogP contribution in [-0.2, 0) is 0 Å². The molecule has 0 bridgehead atoms. The van der Waals surface area contributed by atoms with Gasteiger partial charge >= 0.3 is 0 Å². The summed E-state index contributed by atoms with van der Waals surface area (Å²) in [7, 11) is 0. The van der Waals surface area contributed by atoms with Crippen LogP contribution >= 0.6 is 11.8 Å². The van der Waals surface area contributed by atoms with Gasteiger partial charge in [-0.1, -0.05) is 23.9 Å². The molecule has 2 fully saturated rings. The SMILES string of the molecule is FC(F)Sc1ccccc1NC1CCN2CCCC12. The van der Waals surface area contributed by atoms with E-state index in [1.807, 2.05) is 18.2 Å². The number of hydrogen-bond donors (Lipinski definition) is 1. The predicted molar refractivity (Wildman–Crippen MR) is 74.9 cm³/mol. The molecule has 104 valence electrons. The number of benzene rings is 1. The zero-order valence-electron chi connectivity index (χ0n) is 10.7. The summed E-state index contributed by atoms with van der Waals surface area (Å²) in [5, 5.41) is 3.49. The van der Waals surface area contributed by atoms with Crippen LogP contribution in [0.1, 0.15) is 19.3 Å². The van der Waals surface area contributed by atoms with Crippen molar-refractivity contribution in [3.05, 3.63) is 24.3 Å². The van der Waals surface area contributed by atoms with Gasteiger partial charge in [0.1, 0.15) is 0 Å². The van der Waals surface area contributed by atoms with Crippen LogP contribution in [-0.4, -0.2) is 35.8 Å². The van der Waals surface area contributed by atoms with Gasteiger partial charge in [0, 0.05) is 29.2 Å². The Labute approximate surface area is 116 Å². The van der Waals surface area contributed by atoms with E-state index in [-0.39, 0.29) is 0 Å². The minimum absolute atomic E-state index is 0.405. The van der Waals surface area contributed by atoms with Gasteiger partial charge in [-0.25, -0.2) is 0 Å². The second-order valence-corrected chi connectivity index (χ2v) is 6.19. The normalized spacial score (nSPS) is 26.9. The van der Waals surface area contributed by atoms with Crippen molar-refractivity contribution < 1.29 is 8.78 Å². The van der Waals surface area contributed by atoms with E-state index < -0.39 is 5.76 Å². The van der Waals surface area contributed by atoms with E-state index in [1.165, 1.54) is 19.4 Å². The fraction of sp³-hybridized carbons (Fsp3) is 0.571. The lowest BCUT2D eigenvalue weighted by atomic mass is 10.1. The van der Waals surface area contributed by atoms with Crippen LogP contribution in [0.5, 0.6) is 0 Å². The summed E-state index contributed by atoms with van der Waals surface area (Å²) in [5.41, 5.74) is 0.853. The molecule has 1 N–H and O–H groups in total.